The van der Waals surface area contributed by atoms with Gasteiger partial charge in [-0.3, -0.25) is 14.4 Å². The summed E-state index contributed by atoms with van der Waals surface area (Å²) in [5.74, 6) is -0.931. The second kappa shape index (κ2) is 53.5. The SMILES string of the molecule is CC/C=C\C/C=C\C/C=C\CCCCCCCC(=O)OC(COC(=O)CCCCC/C=C\C/C=C\C/C=C\CC)COC(=O)CCCCCCCCCCCCCCCCCCCCC. The van der Waals surface area contributed by atoms with E-state index in [0.29, 0.717) is 19.3 Å². The molecule has 0 aromatic rings. The van der Waals surface area contributed by atoms with Gasteiger partial charge in [0, 0.05) is 19.3 Å². The van der Waals surface area contributed by atoms with Crippen molar-refractivity contribution < 1.29 is 28.6 Å². The molecule has 0 aromatic heterocycles. The fourth-order valence-electron chi connectivity index (χ4n) is 7.65. The van der Waals surface area contributed by atoms with Gasteiger partial charge < -0.3 is 14.2 Å². The van der Waals surface area contributed by atoms with Crippen molar-refractivity contribution in [3.8, 4) is 0 Å². The Balaban J connectivity index is 4.38. The second-order valence-corrected chi connectivity index (χ2v) is 18.1. The standard InChI is InChI=1S/C59H102O6/c1-4-7-10-13-16-19-22-25-27-28-29-30-32-34-37-40-43-46-49-52-58(61)64-55-56(54-63-57(60)51-48-45-42-39-36-33-24-21-18-15-12-9-6-3)65-59(62)53-50-47-44-41-38-35-31-26-23-20-17-14-11-8-5-2/h8-9,11-12,17-18,20-21,26,31,33,36,56H,4-7,10,13-16,19,22-25,27-30,32,34-35,37-55H2,1-3H3/b11-8-,12-9-,20-17-,21-18-,31-26-,36-33-. The minimum atomic E-state index is -0.795. The number of rotatable bonds is 49. The van der Waals surface area contributed by atoms with Crippen LogP contribution in [-0.2, 0) is 28.6 Å². The monoisotopic (exact) mass is 907 g/mol. The van der Waals surface area contributed by atoms with E-state index in [9.17, 15) is 14.4 Å². The van der Waals surface area contributed by atoms with Crippen molar-refractivity contribution in [2.24, 2.45) is 0 Å². The molecule has 0 aliphatic heterocycles. The summed E-state index contributed by atoms with van der Waals surface area (Å²) in [6, 6.07) is 0. The van der Waals surface area contributed by atoms with Crippen LogP contribution in [0.2, 0.25) is 0 Å². The summed E-state index contributed by atoms with van der Waals surface area (Å²) in [6.45, 7) is 6.39. The average Bonchev–Trinajstić information content (AvgIpc) is 3.30. The summed E-state index contributed by atoms with van der Waals surface area (Å²) in [5.41, 5.74) is 0. The van der Waals surface area contributed by atoms with Crippen molar-refractivity contribution in [3.05, 3.63) is 72.9 Å². The molecule has 0 N–H and O–H groups in total. The van der Waals surface area contributed by atoms with Crippen LogP contribution >= 0.6 is 0 Å². The second-order valence-electron chi connectivity index (χ2n) is 18.1. The zero-order valence-electron chi connectivity index (χ0n) is 42.7. The molecule has 1 atom stereocenters. The predicted octanol–water partition coefficient (Wildman–Crippen LogP) is 18.2. The van der Waals surface area contributed by atoms with E-state index < -0.39 is 6.10 Å². The zero-order valence-corrected chi connectivity index (χ0v) is 42.7. The van der Waals surface area contributed by atoms with Gasteiger partial charge in [-0.1, -0.05) is 235 Å². The third-order valence-corrected chi connectivity index (χ3v) is 11.7. The van der Waals surface area contributed by atoms with E-state index in [-0.39, 0.29) is 31.1 Å². The van der Waals surface area contributed by atoms with Crippen molar-refractivity contribution in [1.82, 2.24) is 0 Å². The van der Waals surface area contributed by atoms with E-state index in [1.807, 2.05) is 0 Å². The summed E-state index contributed by atoms with van der Waals surface area (Å²) < 4.78 is 16.8. The Kier molecular flexibility index (Phi) is 50.9. The number of hydrogen-bond donors (Lipinski definition) is 0. The average molecular weight is 907 g/mol. The zero-order chi connectivity index (χ0) is 47.2. The number of allylic oxidation sites excluding steroid dienone is 12. The smallest absolute Gasteiger partial charge is 0.306 e. The number of unbranched alkanes of at least 4 members (excludes halogenated alkanes) is 26. The Bertz CT molecular complexity index is 1230. The first-order chi connectivity index (χ1) is 32.0. The lowest BCUT2D eigenvalue weighted by Crippen LogP contribution is -2.30. The van der Waals surface area contributed by atoms with Crippen LogP contribution in [0.1, 0.15) is 265 Å². The number of carbonyl (C=O) groups excluding carboxylic acids is 3. The fourth-order valence-corrected chi connectivity index (χ4v) is 7.65. The quantitative estimate of drug-likeness (QED) is 0.0262. The third kappa shape index (κ3) is 51.7. The van der Waals surface area contributed by atoms with Crippen LogP contribution in [0.15, 0.2) is 72.9 Å². The predicted molar refractivity (Wildman–Crippen MR) is 279 cm³/mol. The molecule has 1 unspecified atom stereocenters. The maximum atomic E-state index is 12.8. The van der Waals surface area contributed by atoms with Gasteiger partial charge in [0.1, 0.15) is 13.2 Å². The molecule has 0 saturated heterocycles. The van der Waals surface area contributed by atoms with Crippen molar-refractivity contribution in [2.45, 2.75) is 271 Å². The van der Waals surface area contributed by atoms with Crippen molar-refractivity contribution in [1.29, 1.82) is 0 Å². The van der Waals surface area contributed by atoms with E-state index in [0.717, 1.165) is 122 Å². The Hall–Kier alpha value is -3.15. The van der Waals surface area contributed by atoms with Crippen LogP contribution in [0, 0.1) is 0 Å². The van der Waals surface area contributed by atoms with E-state index in [1.54, 1.807) is 0 Å². The largest absolute Gasteiger partial charge is 0.462 e. The number of hydrogen-bond acceptors (Lipinski definition) is 6. The van der Waals surface area contributed by atoms with Gasteiger partial charge >= 0.3 is 17.9 Å². The van der Waals surface area contributed by atoms with E-state index >= 15 is 0 Å². The molecular weight excluding hydrogens is 805 g/mol. The van der Waals surface area contributed by atoms with E-state index in [4.69, 9.17) is 14.2 Å². The van der Waals surface area contributed by atoms with Gasteiger partial charge in [0.2, 0.25) is 0 Å². The molecule has 0 aromatic carbocycles. The lowest BCUT2D eigenvalue weighted by Gasteiger charge is -2.18. The molecule has 0 amide bonds. The molecule has 0 aliphatic carbocycles. The molecule has 0 spiro atoms. The van der Waals surface area contributed by atoms with Crippen LogP contribution in [0.3, 0.4) is 0 Å². The summed E-state index contributed by atoms with van der Waals surface area (Å²) in [7, 11) is 0. The van der Waals surface area contributed by atoms with Crippen LogP contribution in [-0.4, -0.2) is 37.2 Å². The molecule has 0 heterocycles. The molecule has 0 bridgehead atoms. The first-order valence-electron chi connectivity index (χ1n) is 27.4. The molecule has 0 fully saturated rings. The summed E-state index contributed by atoms with van der Waals surface area (Å²) in [5, 5.41) is 0. The topological polar surface area (TPSA) is 78.9 Å². The minimum absolute atomic E-state index is 0.0901. The Labute approximate surface area is 402 Å². The molecule has 0 saturated carbocycles. The van der Waals surface area contributed by atoms with Gasteiger partial charge in [-0.05, 0) is 83.5 Å². The normalized spacial score (nSPS) is 12.6. The van der Waals surface area contributed by atoms with Crippen LogP contribution < -0.4 is 0 Å². The van der Waals surface area contributed by atoms with E-state index in [2.05, 4.69) is 93.7 Å². The van der Waals surface area contributed by atoms with Crippen LogP contribution in [0.4, 0.5) is 0 Å². The molecule has 6 heteroatoms. The Morgan fingerprint density at radius 1 is 0.323 bits per heavy atom. The summed E-state index contributed by atoms with van der Waals surface area (Å²) in [4.78, 5) is 38.0. The molecule has 0 aliphatic rings. The molecule has 0 rings (SSSR count). The third-order valence-electron chi connectivity index (χ3n) is 11.7. The van der Waals surface area contributed by atoms with Gasteiger partial charge in [0.15, 0.2) is 6.10 Å². The Morgan fingerprint density at radius 3 is 0.954 bits per heavy atom. The highest BCUT2D eigenvalue weighted by Crippen LogP contribution is 2.16. The van der Waals surface area contributed by atoms with Gasteiger partial charge in [-0.2, -0.15) is 0 Å². The van der Waals surface area contributed by atoms with Crippen molar-refractivity contribution in [2.75, 3.05) is 13.2 Å². The number of esters is 3. The molecular formula is C59H102O6. The van der Waals surface area contributed by atoms with Crippen molar-refractivity contribution >= 4 is 17.9 Å². The van der Waals surface area contributed by atoms with Crippen LogP contribution in [0.25, 0.3) is 0 Å². The molecule has 6 nitrogen and oxygen atoms in total. The highest BCUT2D eigenvalue weighted by Gasteiger charge is 2.19. The van der Waals surface area contributed by atoms with E-state index in [1.165, 1.54) is 103 Å². The molecule has 0 radical (unpaired) electrons. The highest BCUT2D eigenvalue weighted by molar-refractivity contribution is 5.71. The number of carbonyl (C=O) groups is 3. The maximum Gasteiger partial charge on any atom is 0.306 e. The molecule has 65 heavy (non-hydrogen) atoms. The molecule has 374 valence electrons. The lowest BCUT2D eigenvalue weighted by molar-refractivity contribution is -0.167. The Morgan fingerprint density at radius 2 is 0.600 bits per heavy atom. The van der Waals surface area contributed by atoms with Gasteiger partial charge in [-0.15, -0.1) is 0 Å². The summed E-state index contributed by atoms with van der Waals surface area (Å²) in [6.07, 6.45) is 67.5. The first-order valence-corrected chi connectivity index (χ1v) is 27.4. The van der Waals surface area contributed by atoms with Crippen LogP contribution in [0.5, 0.6) is 0 Å². The van der Waals surface area contributed by atoms with Gasteiger partial charge in [-0.25, -0.2) is 0 Å². The first kappa shape index (κ1) is 61.9. The maximum absolute atomic E-state index is 12.8. The lowest BCUT2D eigenvalue weighted by atomic mass is 10.0. The van der Waals surface area contributed by atoms with Crippen molar-refractivity contribution in [3.63, 3.8) is 0 Å². The van der Waals surface area contributed by atoms with Gasteiger partial charge in [0.05, 0.1) is 0 Å². The highest BCUT2D eigenvalue weighted by atomic mass is 16.6. The minimum Gasteiger partial charge on any atom is -0.462 e. The number of ether oxygens (including phenoxy) is 3. The fraction of sp³-hybridized carbons (Fsp3) is 0.746. The van der Waals surface area contributed by atoms with Gasteiger partial charge in [0.25, 0.3) is 0 Å². The summed E-state index contributed by atoms with van der Waals surface area (Å²) >= 11 is 0.